The van der Waals surface area contributed by atoms with E-state index in [1.165, 1.54) is 25.1 Å². The predicted octanol–water partition coefficient (Wildman–Crippen LogP) is 3.28. The molecule has 3 aromatic carbocycles. The Bertz CT molecular complexity index is 1060. The highest BCUT2D eigenvalue weighted by molar-refractivity contribution is 6.04. The molecule has 0 unspecified atom stereocenters. The van der Waals surface area contributed by atoms with Crippen LogP contribution in [0.4, 0.5) is 10.1 Å². The normalized spacial score (nSPS) is 11.5. The van der Waals surface area contributed by atoms with Crippen molar-refractivity contribution < 1.29 is 23.5 Å². The lowest BCUT2D eigenvalue weighted by atomic mass is 10.1. The van der Waals surface area contributed by atoms with E-state index >= 15 is 0 Å². The molecule has 0 radical (unpaired) electrons. The molecule has 0 aliphatic heterocycles. The van der Waals surface area contributed by atoms with Crippen LogP contribution >= 0.6 is 0 Å². The first-order chi connectivity index (χ1) is 13.9. The molecule has 0 saturated heterocycles. The van der Waals surface area contributed by atoms with Crippen molar-refractivity contribution in [3.63, 3.8) is 0 Å². The van der Waals surface area contributed by atoms with Crippen molar-refractivity contribution in [1.29, 1.82) is 0 Å². The van der Waals surface area contributed by atoms with Crippen LogP contribution in [0.1, 0.15) is 17.3 Å². The molecule has 148 valence electrons. The smallest absolute Gasteiger partial charge is 0.326 e. The lowest BCUT2D eigenvalue weighted by molar-refractivity contribution is -0.152. The van der Waals surface area contributed by atoms with Crippen molar-refractivity contribution >= 4 is 34.2 Å². The van der Waals surface area contributed by atoms with Gasteiger partial charge in [0.05, 0.1) is 0 Å². The van der Waals surface area contributed by atoms with Gasteiger partial charge >= 0.3 is 5.97 Å². The summed E-state index contributed by atoms with van der Waals surface area (Å²) in [5.41, 5.74) is 0.690. The highest BCUT2D eigenvalue weighted by Crippen LogP contribution is 2.23. The first-order valence-corrected chi connectivity index (χ1v) is 8.96. The summed E-state index contributed by atoms with van der Waals surface area (Å²) in [6, 6.07) is 18.1. The molecule has 0 spiro atoms. The van der Waals surface area contributed by atoms with Gasteiger partial charge in [0.15, 0.2) is 6.10 Å². The van der Waals surface area contributed by atoms with E-state index in [1.54, 1.807) is 6.07 Å². The molecule has 2 amide bonds. The monoisotopic (exact) mass is 394 g/mol. The van der Waals surface area contributed by atoms with Crippen LogP contribution in [-0.2, 0) is 14.3 Å². The van der Waals surface area contributed by atoms with Gasteiger partial charge in [-0.3, -0.25) is 14.4 Å². The number of halogens is 1. The highest BCUT2D eigenvalue weighted by Gasteiger charge is 2.19. The molecule has 0 aliphatic carbocycles. The van der Waals surface area contributed by atoms with Crippen LogP contribution in [0, 0.1) is 5.82 Å². The van der Waals surface area contributed by atoms with Crippen molar-refractivity contribution in [1.82, 2.24) is 5.32 Å². The van der Waals surface area contributed by atoms with Crippen LogP contribution in [0.25, 0.3) is 10.8 Å². The number of hydrogen-bond acceptors (Lipinski definition) is 4. The number of ether oxygens (including phenoxy) is 1. The molecule has 3 rings (SSSR count). The molecule has 0 heterocycles. The molecule has 0 aliphatic rings. The second-order valence-corrected chi connectivity index (χ2v) is 6.34. The van der Waals surface area contributed by atoms with Crippen LogP contribution in [0.15, 0.2) is 66.7 Å². The van der Waals surface area contributed by atoms with Gasteiger partial charge in [0.1, 0.15) is 12.4 Å². The first-order valence-electron chi connectivity index (χ1n) is 8.96. The molecule has 3 aromatic rings. The summed E-state index contributed by atoms with van der Waals surface area (Å²) in [6.45, 7) is 0.994. The maximum Gasteiger partial charge on any atom is 0.326 e. The molecular formula is C22H19FN2O4. The second-order valence-electron chi connectivity index (χ2n) is 6.34. The number of hydrogen-bond donors (Lipinski definition) is 2. The van der Waals surface area contributed by atoms with E-state index in [1.807, 2.05) is 36.4 Å². The van der Waals surface area contributed by atoms with Crippen molar-refractivity contribution in [2.75, 3.05) is 11.9 Å². The molecule has 0 saturated carbocycles. The van der Waals surface area contributed by atoms with Crippen molar-refractivity contribution in [3.05, 3.63) is 78.1 Å². The Morgan fingerprint density at radius 2 is 1.72 bits per heavy atom. The highest BCUT2D eigenvalue weighted by atomic mass is 19.1. The van der Waals surface area contributed by atoms with E-state index < -0.39 is 36.2 Å². The van der Waals surface area contributed by atoms with Gasteiger partial charge in [-0.25, -0.2) is 4.39 Å². The standard InChI is InChI=1S/C22H19FN2O4/c1-14(21(27)25-19-11-5-7-15-6-2-3-10-18(15)19)29-20(26)13-24-22(28)16-8-4-9-17(23)12-16/h2-12,14H,13H2,1H3,(H,24,28)(H,25,27)/t14-/m1/s1. The number of carbonyl (C=O) groups is 3. The van der Waals surface area contributed by atoms with Crippen LogP contribution in [0.2, 0.25) is 0 Å². The number of benzene rings is 3. The van der Waals surface area contributed by atoms with E-state index in [2.05, 4.69) is 10.6 Å². The van der Waals surface area contributed by atoms with Crippen molar-refractivity contribution in [3.8, 4) is 0 Å². The molecule has 0 bridgehead atoms. The number of nitrogens with one attached hydrogen (secondary N) is 2. The van der Waals surface area contributed by atoms with Gasteiger partial charge in [0.25, 0.3) is 11.8 Å². The van der Waals surface area contributed by atoms with Gasteiger partial charge in [-0.1, -0.05) is 42.5 Å². The van der Waals surface area contributed by atoms with E-state index in [0.717, 1.165) is 16.8 Å². The number of amides is 2. The van der Waals surface area contributed by atoms with Gasteiger partial charge in [0, 0.05) is 16.6 Å². The van der Waals surface area contributed by atoms with Gasteiger partial charge in [-0.05, 0) is 36.6 Å². The molecule has 7 heteroatoms. The lowest BCUT2D eigenvalue weighted by Crippen LogP contribution is -2.35. The number of anilines is 1. The maximum atomic E-state index is 13.1. The zero-order chi connectivity index (χ0) is 20.8. The topological polar surface area (TPSA) is 84.5 Å². The average Bonchev–Trinajstić information content (AvgIpc) is 2.72. The minimum atomic E-state index is -1.06. The summed E-state index contributed by atoms with van der Waals surface area (Å²) in [5.74, 6) is -2.45. The third-order valence-corrected chi connectivity index (χ3v) is 4.21. The Hall–Kier alpha value is -3.74. The molecule has 0 aromatic heterocycles. The third-order valence-electron chi connectivity index (χ3n) is 4.21. The summed E-state index contributed by atoms with van der Waals surface area (Å²) in [4.78, 5) is 36.2. The molecule has 2 N–H and O–H groups in total. The quantitative estimate of drug-likeness (QED) is 0.629. The van der Waals surface area contributed by atoms with Crippen LogP contribution in [0.3, 0.4) is 0 Å². The second kappa shape index (κ2) is 8.97. The number of fused-ring (bicyclic) bond motifs is 1. The molecule has 29 heavy (non-hydrogen) atoms. The zero-order valence-corrected chi connectivity index (χ0v) is 15.6. The number of esters is 1. The minimum Gasteiger partial charge on any atom is -0.451 e. The van der Waals surface area contributed by atoms with Crippen LogP contribution < -0.4 is 10.6 Å². The number of rotatable bonds is 6. The Kier molecular flexibility index (Phi) is 6.19. The summed E-state index contributed by atoms with van der Waals surface area (Å²) in [6.07, 6.45) is -1.06. The third kappa shape index (κ3) is 5.16. The van der Waals surface area contributed by atoms with Crippen molar-refractivity contribution in [2.45, 2.75) is 13.0 Å². The van der Waals surface area contributed by atoms with Crippen LogP contribution in [0.5, 0.6) is 0 Å². The zero-order valence-electron chi connectivity index (χ0n) is 15.6. The fourth-order valence-electron chi connectivity index (χ4n) is 2.75. The summed E-state index contributed by atoms with van der Waals surface area (Å²) < 4.78 is 18.2. The van der Waals surface area contributed by atoms with Crippen molar-refractivity contribution in [2.24, 2.45) is 0 Å². The molecule has 6 nitrogen and oxygen atoms in total. The fourth-order valence-corrected chi connectivity index (χ4v) is 2.75. The van der Waals surface area contributed by atoms with Gasteiger partial charge in [0.2, 0.25) is 0 Å². The summed E-state index contributed by atoms with van der Waals surface area (Å²) in [7, 11) is 0. The Balaban J connectivity index is 1.53. The van der Waals surface area contributed by atoms with E-state index in [0.29, 0.717) is 5.69 Å². The maximum absolute atomic E-state index is 13.1. The lowest BCUT2D eigenvalue weighted by Gasteiger charge is -2.15. The number of carbonyl (C=O) groups excluding carboxylic acids is 3. The molecule has 0 fully saturated rings. The van der Waals surface area contributed by atoms with E-state index in [4.69, 9.17) is 4.74 Å². The van der Waals surface area contributed by atoms with Gasteiger partial charge in [-0.15, -0.1) is 0 Å². The average molecular weight is 394 g/mol. The summed E-state index contributed by atoms with van der Waals surface area (Å²) >= 11 is 0. The molecule has 1 atom stereocenters. The van der Waals surface area contributed by atoms with E-state index in [-0.39, 0.29) is 5.56 Å². The van der Waals surface area contributed by atoms with Gasteiger partial charge < -0.3 is 15.4 Å². The predicted molar refractivity (Wildman–Crippen MR) is 107 cm³/mol. The van der Waals surface area contributed by atoms with Crippen LogP contribution in [-0.4, -0.2) is 30.4 Å². The SMILES string of the molecule is C[C@@H](OC(=O)CNC(=O)c1cccc(F)c1)C(=O)Nc1cccc2ccccc12. The van der Waals surface area contributed by atoms with E-state index in [9.17, 15) is 18.8 Å². The molecular weight excluding hydrogens is 375 g/mol. The Labute approximate surface area is 166 Å². The summed E-state index contributed by atoms with van der Waals surface area (Å²) in [5, 5.41) is 6.91. The fraction of sp³-hybridized carbons (Fsp3) is 0.136. The first kappa shape index (κ1) is 20.0. The largest absolute Gasteiger partial charge is 0.451 e. The Morgan fingerprint density at radius 1 is 1.00 bits per heavy atom. The minimum absolute atomic E-state index is 0.0829. The van der Waals surface area contributed by atoms with Gasteiger partial charge in [-0.2, -0.15) is 0 Å². The Morgan fingerprint density at radius 3 is 2.52 bits per heavy atom.